The Hall–Kier alpha value is -3.84. The van der Waals surface area contributed by atoms with E-state index in [4.69, 9.17) is 4.74 Å². The first-order valence-corrected chi connectivity index (χ1v) is 11.3. The van der Waals surface area contributed by atoms with Gasteiger partial charge in [-0.25, -0.2) is 4.90 Å². The van der Waals surface area contributed by atoms with E-state index >= 15 is 0 Å². The zero-order valence-electron chi connectivity index (χ0n) is 18.2. The van der Waals surface area contributed by atoms with E-state index in [-0.39, 0.29) is 17.7 Å². The lowest BCUT2D eigenvalue weighted by Gasteiger charge is -2.16. The molecule has 1 N–H and O–H groups in total. The molecular weight excluding hydrogens is 436 g/mol. The smallest absolute Gasteiger partial charge is 0.272 e. The highest BCUT2D eigenvalue weighted by molar-refractivity contribution is 8.03. The van der Waals surface area contributed by atoms with Crippen molar-refractivity contribution in [2.45, 2.75) is 12.7 Å². The predicted octanol–water partition coefficient (Wildman–Crippen LogP) is 4.87. The summed E-state index contributed by atoms with van der Waals surface area (Å²) in [5.74, 6) is 0.288. The van der Waals surface area contributed by atoms with Crippen LogP contribution in [0.25, 0.3) is 5.57 Å². The van der Waals surface area contributed by atoms with Gasteiger partial charge in [-0.15, -0.1) is 11.8 Å². The van der Waals surface area contributed by atoms with Gasteiger partial charge in [-0.2, -0.15) is 0 Å². The SMILES string of the molecule is COc1ccc(C2=C(SCc3ccccc3)C(=O)N(c3ccc(NC(C)=O)cc3)C2=O)cc1. The van der Waals surface area contributed by atoms with E-state index in [1.165, 1.54) is 23.6 Å². The number of carbonyl (C=O) groups is 3. The molecule has 33 heavy (non-hydrogen) atoms. The monoisotopic (exact) mass is 458 g/mol. The molecule has 0 fully saturated rings. The predicted molar refractivity (Wildman–Crippen MR) is 131 cm³/mol. The van der Waals surface area contributed by atoms with Gasteiger partial charge in [0.2, 0.25) is 5.91 Å². The number of benzene rings is 3. The molecule has 0 aromatic heterocycles. The topological polar surface area (TPSA) is 75.7 Å². The van der Waals surface area contributed by atoms with Crippen LogP contribution in [0.3, 0.4) is 0 Å². The molecule has 1 heterocycles. The number of hydrogen-bond donors (Lipinski definition) is 1. The fourth-order valence-electron chi connectivity index (χ4n) is 3.52. The molecule has 3 amide bonds. The lowest BCUT2D eigenvalue weighted by Crippen LogP contribution is -2.31. The summed E-state index contributed by atoms with van der Waals surface area (Å²) in [4.78, 5) is 39.8. The van der Waals surface area contributed by atoms with Crippen molar-refractivity contribution in [3.05, 3.63) is 94.9 Å². The normalized spacial score (nSPS) is 13.5. The molecule has 0 saturated heterocycles. The second-order valence-electron chi connectivity index (χ2n) is 7.38. The standard InChI is InChI=1S/C26H22N2O4S/c1-17(29)27-20-10-12-21(13-11-20)28-25(30)23(19-8-14-22(32-2)15-9-19)24(26(28)31)33-16-18-6-4-3-5-7-18/h3-15H,16H2,1-2H3,(H,27,29). The minimum Gasteiger partial charge on any atom is -0.497 e. The maximum absolute atomic E-state index is 13.5. The first kappa shape index (κ1) is 22.4. The van der Waals surface area contributed by atoms with Crippen LogP contribution in [0.2, 0.25) is 0 Å². The van der Waals surface area contributed by atoms with Gasteiger partial charge in [0, 0.05) is 18.4 Å². The number of amides is 3. The summed E-state index contributed by atoms with van der Waals surface area (Å²) in [6.07, 6.45) is 0. The molecule has 166 valence electrons. The Morgan fingerprint density at radius 2 is 1.58 bits per heavy atom. The van der Waals surface area contributed by atoms with Crippen LogP contribution in [0.1, 0.15) is 18.1 Å². The molecule has 0 atom stereocenters. The third kappa shape index (κ3) is 4.83. The van der Waals surface area contributed by atoms with Crippen LogP contribution in [0.5, 0.6) is 5.75 Å². The van der Waals surface area contributed by atoms with Crippen molar-refractivity contribution in [1.82, 2.24) is 0 Å². The highest BCUT2D eigenvalue weighted by Crippen LogP contribution is 2.40. The summed E-state index contributed by atoms with van der Waals surface area (Å²) >= 11 is 1.35. The van der Waals surface area contributed by atoms with E-state index in [0.29, 0.717) is 38.9 Å². The Labute approximate surface area is 196 Å². The molecular formula is C26H22N2O4S. The first-order valence-electron chi connectivity index (χ1n) is 10.3. The molecule has 3 aromatic rings. The van der Waals surface area contributed by atoms with E-state index in [2.05, 4.69) is 5.32 Å². The number of imide groups is 1. The van der Waals surface area contributed by atoms with Crippen LogP contribution in [-0.4, -0.2) is 24.8 Å². The number of nitrogens with zero attached hydrogens (tertiary/aromatic N) is 1. The second kappa shape index (κ2) is 9.75. The van der Waals surface area contributed by atoms with Gasteiger partial charge >= 0.3 is 0 Å². The summed E-state index contributed by atoms with van der Waals surface area (Å²) in [6.45, 7) is 1.42. The fourth-order valence-corrected chi connectivity index (χ4v) is 4.58. The van der Waals surface area contributed by atoms with Crippen LogP contribution >= 0.6 is 11.8 Å². The molecule has 0 aliphatic carbocycles. The van der Waals surface area contributed by atoms with Gasteiger partial charge in [0.15, 0.2) is 0 Å². The van der Waals surface area contributed by atoms with Gasteiger partial charge in [-0.1, -0.05) is 42.5 Å². The van der Waals surface area contributed by atoms with Crippen molar-refractivity contribution < 1.29 is 19.1 Å². The lowest BCUT2D eigenvalue weighted by molar-refractivity contribution is -0.120. The quantitative estimate of drug-likeness (QED) is 0.511. The van der Waals surface area contributed by atoms with Gasteiger partial charge < -0.3 is 10.1 Å². The third-order valence-corrected chi connectivity index (χ3v) is 6.24. The molecule has 0 spiro atoms. The number of rotatable bonds is 7. The number of thioether (sulfide) groups is 1. The molecule has 0 saturated carbocycles. The number of carbonyl (C=O) groups excluding carboxylic acids is 3. The Balaban J connectivity index is 1.69. The van der Waals surface area contributed by atoms with Crippen LogP contribution in [0.4, 0.5) is 11.4 Å². The number of anilines is 2. The minimum atomic E-state index is -0.381. The highest BCUT2D eigenvalue weighted by Gasteiger charge is 2.40. The number of hydrogen-bond acceptors (Lipinski definition) is 5. The maximum Gasteiger partial charge on any atom is 0.272 e. The molecule has 3 aromatic carbocycles. The first-order chi connectivity index (χ1) is 16.0. The highest BCUT2D eigenvalue weighted by atomic mass is 32.2. The molecule has 1 aliphatic heterocycles. The molecule has 7 heteroatoms. The molecule has 0 radical (unpaired) electrons. The number of methoxy groups -OCH3 is 1. The van der Waals surface area contributed by atoms with Crippen molar-refractivity contribution in [3.63, 3.8) is 0 Å². The average Bonchev–Trinajstić information content (AvgIpc) is 3.08. The van der Waals surface area contributed by atoms with E-state index in [1.54, 1.807) is 55.6 Å². The summed E-state index contributed by atoms with van der Waals surface area (Å²) in [6, 6.07) is 23.5. The molecule has 0 unspecified atom stereocenters. The largest absolute Gasteiger partial charge is 0.497 e. The molecule has 4 rings (SSSR count). The maximum atomic E-state index is 13.5. The summed E-state index contributed by atoms with van der Waals surface area (Å²) < 4.78 is 5.23. The van der Waals surface area contributed by atoms with Gasteiger partial charge in [-0.05, 0) is 47.5 Å². The van der Waals surface area contributed by atoms with Gasteiger partial charge in [-0.3, -0.25) is 14.4 Å². The Kier molecular flexibility index (Phi) is 6.60. The summed E-state index contributed by atoms with van der Waals surface area (Å²) in [5, 5.41) is 2.68. The Bertz CT molecular complexity index is 1220. The second-order valence-corrected chi connectivity index (χ2v) is 8.37. The zero-order valence-corrected chi connectivity index (χ0v) is 19.0. The Morgan fingerprint density at radius 3 is 2.18 bits per heavy atom. The van der Waals surface area contributed by atoms with E-state index in [1.807, 2.05) is 30.3 Å². The van der Waals surface area contributed by atoms with Gasteiger partial charge in [0.25, 0.3) is 11.8 Å². The molecule has 6 nitrogen and oxygen atoms in total. The van der Waals surface area contributed by atoms with E-state index in [9.17, 15) is 14.4 Å². The zero-order chi connectivity index (χ0) is 23.4. The molecule has 0 bridgehead atoms. The van der Waals surface area contributed by atoms with Crippen LogP contribution in [0, 0.1) is 0 Å². The van der Waals surface area contributed by atoms with Crippen LogP contribution in [-0.2, 0) is 20.1 Å². The summed E-state index contributed by atoms with van der Waals surface area (Å²) in [7, 11) is 1.58. The number of ether oxygens (including phenoxy) is 1. The van der Waals surface area contributed by atoms with Crippen molar-refractivity contribution >= 4 is 46.4 Å². The van der Waals surface area contributed by atoms with Crippen LogP contribution < -0.4 is 15.0 Å². The fraction of sp³-hybridized carbons (Fsp3) is 0.115. The average molecular weight is 459 g/mol. The van der Waals surface area contributed by atoms with Crippen molar-refractivity contribution in [2.24, 2.45) is 0 Å². The Morgan fingerprint density at radius 1 is 0.909 bits per heavy atom. The number of nitrogens with one attached hydrogen (secondary N) is 1. The van der Waals surface area contributed by atoms with Crippen molar-refractivity contribution in [3.8, 4) is 5.75 Å². The minimum absolute atomic E-state index is 0.195. The van der Waals surface area contributed by atoms with E-state index < -0.39 is 0 Å². The van der Waals surface area contributed by atoms with Crippen LogP contribution in [0.15, 0.2) is 83.8 Å². The van der Waals surface area contributed by atoms with Crippen molar-refractivity contribution in [1.29, 1.82) is 0 Å². The summed E-state index contributed by atoms with van der Waals surface area (Å²) in [5.41, 5.74) is 3.12. The molecule has 1 aliphatic rings. The lowest BCUT2D eigenvalue weighted by atomic mass is 10.1. The van der Waals surface area contributed by atoms with Gasteiger partial charge in [0.1, 0.15) is 5.75 Å². The third-order valence-electron chi connectivity index (χ3n) is 5.09. The van der Waals surface area contributed by atoms with E-state index in [0.717, 1.165) is 5.56 Å². The van der Waals surface area contributed by atoms with Crippen molar-refractivity contribution in [2.75, 3.05) is 17.3 Å². The van der Waals surface area contributed by atoms with Gasteiger partial charge in [0.05, 0.1) is 23.3 Å².